The minimum Gasteiger partial charge on any atom is -0.370 e. The fourth-order valence-electron chi connectivity index (χ4n) is 1.01. The molecule has 80 valence electrons. The van der Waals surface area contributed by atoms with E-state index >= 15 is 0 Å². The Balaban J connectivity index is 2.20. The van der Waals surface area contributed by atoms with Crippen molar-refractivity contribution in [3.63, 3.8) is 0 Å². The number of hydrogen-bond acceptors (Lipinski definition) is 3. The van der Waals surface area contributed by atoms with Crippen LogP contribution in [0.4, 0.5) is 8.78 Å². The van der Waals surface area contributed by atoms with Crippen molar-refractivity contribution >= 4 is 11.3 Å². The first kappa shape index (κ1) is 11.6. The van der Waals surface area contributed by atoms with Gasteiger partial charge in [-0.1, -0.05) is 6.07 Å². The van der Waals surface area contributed by atoms with Crippen molar-refractivity contribution in [3.05, 3.63) is 22.4 Å². The molecule has 1 N–H and O–H groups in total. The van der Waals surface area contributed by atoms with Gasteiger partial charge in [-0.15, -0.1) is 11.3 Å². The van der Waals surface area contributed by atoms with Crippen molar-refractivity contribution in [1.82, 2.24) is 5.32 Å². The Hall–Kier alpha value is -0.520. The fraction of sp³-hybridized carbons (Fsp3) is 0.556. The third-order valence-corrected chi connectivity index (χ3v) is 2.42. The summed E-state index contributed by atoms with van der Waals surface area (Å²) < 4.78 is 30.7. The summed E-state index contributed by atoms with van der Waals surface area (Å²) in [5, 5.41) is 4.32. The van der Waals surface area contributed by atoms with Crippen LogP contribution in [0.5, 0.6) is 0 Å². The molecule has 1 aromatic rings. The van der Waals surface area contributed by atoms with Crippen LogP contribution in [0.25, 0.3) is 0 Å². The molecule has 0 saturated carbocycles. The first-order valence-corrected chi connectivity index (χ1v) is 5.14. The Morgan fingerprint density at radius 2 is 2.36 bits per heavy atom. The molecule has 0 spiro atoms. The van der Waals surface area contributed by atoms with Crippen LogP contribution in [0.2, 0.25) is 0 Å². The minimum absolute atomic E-state index is 0.261. The molecule has 5 heteroatoms. The summed E-state index contributed by atoms with van der Waals surface area (Å²) in [5.74, 6) is -2.79. The van der Waals surface area contributed by atoms with E-state index < -0.39 is 12.5 Å². The smallest absolute Gasteiger partial charge is 0.283 e. The standard InChI is InChI=1S/C9H13F2NOS/c1-12-6-9(10,11)7-13-5-8-3-2-4-14-8/h2-4,12H,5-7H2,1H3. The second kappa shape index (κ2) is 5.38. The molecule has 1 rings (SSSR count). The summed E-state index contributed by atoms with van der Waals surface area (Å²) in [6.45, 7) is -0.625. The SMILES string of the molecule is CNCC(F)(F)COCc1cccs1. The predicted molar refractivity (Wildman–Crippen MR) is 52.8 cm³/mol. The summed E-state index contributed by atoms with van der Waals surface area (Å²) in [6.07, 6.45) is 0. The van der Waals surface area contributed by atoms with E-state index in [1.807, 2.05) is 17.5 Å². The predicted octanol–water partition coefficient (Wildman–Crippen LogP) is 2.12. The Morgan fingerprint density at radius 1 is 1.57 bits per heavy atom. The molecule has 0 atom stereocenters. The highest BCUT2D eigenvalue weighted by Crippen LogP contribution is 2.15. The van der Waals surface area contributed by atoms with Gasteiger partial charge in [-0.05, 0) is 18.5 Å². The van der Waals surface area contributed by atoms with Gasteiger partial charge in [0.25, 0.3) is 5.92 Å². The first-order chi connectivity index (χ1) is 6.64. The lowest BCUT2D eigenvalue weighted by Gasteiger charge is -2.15. The zero-order valence-electron chi connectivity index (χ0n) is 7.93. The third kappa shape index (κ3) is 4.13. The molecule has 1 aromatic heterocycles. The molecule has 0 fully saturated rings. The van der Waals surface area contributed by atoms with Crippen LogP contribution in [0, 0.1) is 0 Å². The van der Waals surface area contributed by atoms with Gasteiger partial charge in [0.05, 0.1) is 13.2 Å². The van der Waals surface area contributed by atoms with Crippen molar-refractivity contribution in [1.29, 1.82) is 0 Å². The first-order valence-electron chi connectivity index (χ1n) is 4.26. The lowest BCUT2D eigenvalue weighted by atomic mass is 10.3. The minimum atomic E-state index is -2.79. The number of rotatable bonds is 6. The van der Waals surface area contributed by atoms with Crippen LogP contribution in [0.15, 0.2) is 17.5 Å². The van der Waals surface area contributed by atoms with Gasteiger partial charge in [0.2, 0.25) is 0 Å². The molecule has 0 amide bonds. The summed E-state index contributed by atoms with van der Waals surface area (Å²) in [4.78, 5) is 0.963. The van der Waals surface area contributed by atoms with E-state index in [0.29, 0.717) is 0 Å². The molecule has 0 aliphatic carbocycles. The average molecular weight is 221 g/mol. The van der Waals surface area contributed by atoms with E-state index in [0.717, 1.165) is 4.88 Å². The summed E-state index contributed by atoms with van der Waals surface area (Å²) in [5.41, 5.74) is 0. The van der Waals surface area contributed by atoms with Crippen LogP contribution in [0.3, 0.4) is 0 Å². The van der Waals surface area contributed by atoms with Gasteiger partial charge in [-0.3, -0.25) is 0 Å². The topological polar surface area (TPSA) is 21.3 Å². The highest BCUT2D eigenvalue weighted by molar-refractivity contribution is 7.09. The number of hydrogen-bond donors (Lipinski definition) is 1. The molecule has 0 radical (unpaired) electrons. The van der Waals surface area contributed by atoms with Crippen molar-refractivity contribution in [3.8, 4) is 0 Å². The van der Waals surface area contributed by atoms with Crippen LogP contribution in [-0.2, 0) is 11.3 Å². The molecular formula is C9H13F2NOS. The molecule has 0 aromatic carbocycles. The van der Waals surface area contributed by atoms with E-state index in [-0.39, 0.29) is 13.2 Å². The van der Waals surface area contributed by atoms with Gasteiger partial charge in [0.15, 0.2) is 0 Å². The number of halogens is 2. The van der Waals surface area contributed by atoms with Crippen molar-refractivity contribution < 1.29 is 13.5 Å². The Kier molecular flexibility index (Phi) is 4.44. The van der Waals surface area contributed by atoms with E-state index in [1.165, 1.54) is 18.4 Å². The van der Waals surface area contributed by atoms with Crippen LogP contribution in [-0.4, -0.2) is 26.1 Å². The lowest BCUT2D eigenvalue weighted by molar-refractivity contribution is -0.0778. The molecule has 0 bridgehead atoms. The number of alkyl halides is 2. The Labute approximate surface area is 85.9 Å². The van der Waals surface area contributed by atoms with Gasteiger partial charge in [0.1, 0.15) is 6.61 Å². The van der Waals surface area contributed by atoms with Gasteiger partial charge in [-0.2, -0.15) is 0 Å². The van der Waals surface area contributed by atoms with Gasteiger partial charge in [-0.25, -0.2) is 8.78 Å². The van der Waals surface area contributed by atoms with Crippen LogP contribution >= 0.6 is 11.3 Å². The quantitative estimate of drug-likeness (QED) is 0.794. The third-order valence-electron chi connectivity index (χ3n) is 1.57. The summed E-state index contributed by atoms with van der Waals surface area (Å²) in [7, 11) is 1.49. The molecule has 0 aliphatic rings. The Bertz CT molecular complexity index is 251. The van der Waals surface area contributed by atoms with E-state index in [2.05, 4.69) is 5.32 Å². The maximum absolute atomic E-state index is 12.9. The molecule has 14 heavy (non-hydrogen) atoms. The van der Waals surface area contributed by atoms with Gasteiger partial charge >= 0.3 is 0 Å². The van der Waals surface area contributed by atoms with Crippen LogP contribution in [0.1, 0.15) is 4.88 Å². The summed E-state index contributed by atoms with van der Waals surface area (Å²) in [6, 6.07) is 3.73. The molecule has 1 heterocycles. The summed E-state index contributed by atoms with van der Waals surface area (Å²) >= 11 is 1.50. The molecule has 0 saturated heterocycles. The lowest BCUT2D eigenvalue weighted by Crippen LogP contribution is -2.34. The maximum Gasteiger partial charge on any atom is 0.283 e. The van der Waals surface area contributed by atoms with Gasteiger partial charge in [0, 0.05) is 4.88 Å². The number of ether oxygens (including phenoxy) is 1. The maximum atomic E-state index is 12.9. The average Bonchev–Trinajstić information content (AvgIpc) is 2.56. The molecule has 2 nitrogen and oxygen atoms in total. The van der Waals surface area contributed by atoms with Crippen molar-refractivity contribution in [2.45, 2.75) is 12.5 Å². The van der Waals surface area contributed by atoms with Gasteiger partial charge < -0.3 is 10.1 Å². The van der Waals surface area contributed by atoms with Crippen LogP contribution < -0.4 is 5.32 Å². The zero-order valence-corrected chi connectivity index (χ0v) is 8.74. The highest BCUT2D eigenvalue weighted by atomic mass is 32.1. The van der Waals surface area contributed by atoms with Crippen molar-refractivity contribution in [2.75, 3.05) is 20.2 Å². The fourth-order valence-corrected chi connectivity index (χ4v) is 1.65. The van der Waals surface area contributed by atoms with Crippen molar-refractivity contribution in [2.24, 2.45) is 0 Å². The second-order valence-electron chi connectivity index (χ2n) is 2.96. The van der Waals surface area contributed by atoms with E-state index in [9.17, 15) is 8.78 Å². The largest absolute Gasteiger partial charge is 0.370 e. The van der Waals surface area contributed by atoms with E-state index in [1.54, 1.807) is 0 Å². The normalized spacial score (nSPS) is 11.9. The monoisotopic (exact) mass is 221 g/mol. The molecule has 0 aliphatic heterocycles. The Morgan fingerprint density at radius 3 is 2.93 bits per heavy atom. The molecular weight excluding hydrogens is 208 g/mol. The zero-order chi connectivity index (χ0) is 10.4. The highest BCUT2D eigenvalue weighted by Gasteiger charge is 2.27. The van der Waals surface area contributed by atoms with E-state index in [4.69, 9.17) is 4.74 Å². The number of thiophene rings is 1. The number of nitrogens with one attached hydrogen (secondary N) is 1. The second-order valence-corrected chi connectivity index (χ2v) is 3.99. The molecule has 0 unspecified atom stereocenters.